The summed E-state index contributed by atoms with van der Waals surface area (Å²) in [7, 11) is 0. The molecular formula is C22H29N5. The number of aromatic amines is 1. The van der Waals surface area contributed by atoms with Crippen LogP contribution in [0.3, 0.4) is 0 Å². The first kappa shape index (κ1) is 17.0. The van der Waals surface area contributed by atoms with Crippen molar-refractivity contribution in [2.24, 2.45) is 0 Å². The van der Waals surface area contributed by atoms with Crippen LogP contribution in [0.4, 0.5) is 0 Å². The molecule has 5 nitrogen and oxygen atoms in total. The van der Waals surface area contributed by atoms with Gasteiger partial charge in [0.15, 0.2) is 0 Å². The van der Waals surface area contributed by atoms with Gasteiger partial charge in [0, 0.05) is 42.0 Å². The molecule has 2 atom stereocenters. The van der Waals surface area contributed by atoms with Crippen molar-refractivity contribution in [3.05, 3.63) is 47.7 Å². The third-order valence-electron chi connectivity index (χ3n) is 6.52. The van der Waals surface area contributed by atoms with E-state index in [4.69, 9.17) is 0 Å². The lowest BCUT2D eigenvalue weighted by atomic mass is 9.98. The minimum absolute atomic E-state index is 0.459. The van der Waals surface area contributed by atoms with E-state index in [1.807, 2.05) is 0 Å². The summed E-state index contributed by atoms with van der Waals surface area (Å²) in [6.45, 7) is 9.07. The first-order valence-corrected chi connectivity index (χ1v) is 10.4. The molecule has 0 amide bonds. The predicted octanol–water partition coefficient (Wildman–Crippen LogP) is 4.25. The first-order chi connectivity index (χ1) is 13.2. The molecular weight excluding hydrogens is 334 g/mol. The maximum atomic E-state index is 4.52. The summed E-state index contributed by atoms with van der Waals surface area (Å²) < 4.78 is 2.37. The van der Waals surface area contributed by atoms with Crippen molar-refractivity contribution in [1.82, 2.24) is 24.6 Å². The molecule has 1 fully saturated rings. The summed E-state index contributed by atoms with van der Waals surface area (Å²) >= 11 is 0. The normalized spacial score (nSPS) is 22.9. The summed E-state index contributed by atoms with van der Waals surface area (Å²) in [5, 5.41) is 10.4. The second-order valence-electron chi connectivity index (χ2n) is 8.57. The van der Waals surface area contributed by atoms with Crippen LogP contribution in [0.1, 0.15) is 68.1 Å². The van der Waals surface area contributed by atoms with Gasteiger partial charge in [-0.15, -0.1) is 10.2 Å². The number of H-pyrrole nitrogens is 1. The standard InChI is InChI=1S/C22H29N5/c1-15(2)21-24-25-22-16(9-12-27(21)22)7-10-26-11-8-17(14-26)19-13-23-20-6-4-3-5-18(19)20/h3-6,13,15-17,23H,7-12,14H2,1-2H3. The molecule has 2 unspecified atom stereocenters. The molecule has 0 bridgehead atoms. The van der Waals surface area contributed by atoms with Crippen LogP contribution in [0.15, 0.2) is 30.5 Å². The lowest BCUT2D eigenvalue weighted by Gasteiger charge is -2.18. The van der Waals surface area contributed by atoms with Crippen molar-refractivity contribution in [1.29, 1.82) is 0 Å². The molecule has 5 heteroatoms. The Morgan fingerprint density at radius 2 is 2.04 bits per heavy atom. The highest BCUT2D eigenvalue weighted by Crippen LogP contribution is 2.35. The number of benzene rings is 1. The number of para-hydroxylation sites is 1. The van der Waals surface area contributed by atoms with Crippen molar-refractivity contribution >= 4 is 10.9 Å². The molecule has 0 aliphatic carbocycles. The third-order valence-corrected chi connectivity index (χ3v) is 6.52. The molecule has 142 valence electrons. The van der Waals surface area contributed by atoms with Gasteiger partial charge < -0.3 is 14.5 Å². The molecule has 2 aliphatic heterocycles. The smallest absolute Gasteiger partial charge is 0.136 e. The van der Waals surface area contributed by atoms with E-state index in [9.17, 15) is 0 Å². The average Bonchev–Trinajstić information content (AvgIpc) is 3.42. The summed E-state index contributed by atoms with van der Waals surface area (Å²) in [6.07, 6.45) is 5.92. The Balaban J connectivity index is 1.22. The van der Waals surface area contributed by atoms with E-state index in [0.29, 0.717) is 17.8 Å². The maximum Gasteiger partial charge on any atom is 0.136 e. The van der Waals surface area contributed by atoms with Gasteiger partial charge in [0.25, 0.3) is 0 Å². The fourth-order valence-electron chi connectivity index (χ4n) is 5.03. The van der Waals surface area contributed by atoms with Crippen LogP contribution < -0.4 is 0 Å². The molecule has 2 aliphatic rings. The summed E-state index contributed by atoms with van der Waals surface area (Å²) in [4.78, 5) is 6.09. The molecule has 1 aromatic carbocycles. The number of rotatable bonds is 5. The van der Waals surface area contributed by atoms with E-state index in [-0.39, 0.29) is 0 Å². The van der Waals surface area contributed by atoms with Gasteiger partial charge in [-0.3, -0.25) is 0 Å². The van der Waals surface area contributed by atoms with Gasteiger partial charge >= 0.3 is 0 Å². The van der Waals surface area contributed by atoms with E-state index in [1.165, 1.54) is 61.2 Å². The first-order valence-electron chi connectivity index (χ1n) is 10.4. The van der Waals surface area contributed by atoms with E-state index >= 15 is 0 Å². The van der Waals surface area contributed by atoms with E-state index in [0.717, 1.165) is 12.4 Å². The van der Waals surface area contributed by atoms with Gasteiger partial charge in [0.1, 0.15) is 11.6 Å². The van der Waals surface area contributed by atoms with Crippen LogP contribution in [0.5, 0.6) is 0 Å². The number of aromatic nitrogens is 4. The summed E-state index contributed by atoms with van der Waals surface area (Å²) in [5.41, 5.74) is 2.76. The topological polar surface area (TPSA) is 49.7 Å². The lowest BCUT2D eigenvalue weighted by molar-refractivity contribution is 0.316. The fraction of sp³-hybridized carbons (Fsp3) is 0.545. The van der Waals surface area contributed by atoms with Crippen molar-refractivity contribution in [3.63, 3.8) is 0 Å². The van der Waals surface area contributed by atoms with E-state index in [1.54, 1.807) is 0 Å². The molecule has 27 heavy (non-hydrogen) atoms. The van der Waals surface area contributed by atoms with E-state index in [2.05, 4.69) is 69.0 Å². The Kier molecular flexibility index (Phi) is 4.27. The number of likely N-dealkylation sites (tertiary alicyclic amines) is 1. The Morgan fingerprint density at radius 1 is 1.15 bits per heavy atom. The second kappa shape index (κ2) is 6.79. The molecule has 1 saturated heterocycles. The predicted molar refractivity (Wildman–Crippen MR) is 108 cm³/mol. The molecule has 0 saturated carbocycles. The number of nitrogens with one attached hydrogen (secondary N) is 1. The molecule has 0 radical (unpaired) electrons. The van der Waals surface area contributed by atoms with Crippen LogP contribution in [-0.2, 0) is 6.54 Å². The minimum atomic E-state index is 0.459. The molecule has 4 heterocycles. The average molecular weight is 364 g/mol. The summed E-state index contributed by atoms with van der Waals surface area (Å²) in [6, 6.07) is 8.68. The van der Waals surface area contributed by atoms with Crippen LogP contribution in [-0.4, -0.2) is 44.3 Å². The Labute approximate surface area is 160 Å². The monoisotopic (exact) mass is 363 g/mol. The van der Waals surface area contributed by atoms with Gasteiger partial charge in [-0.05, 0) is 49.9 Å². The zero-order valence-electron chi connectivity index (χ0n) is 16.4. The number of fused-ring (bicyclic) bond motifs is 2. The molecule has 0 spiro atoms. The van der Waals surface area contributed by atoms with Crippen molar-refractivity contribution in [2.45, 2.75) is 57.4 Å². The zero-order valence-corrected chi connectivity index (χ0v) is 16.4. The van der Waals surface area contributed by atoms with Gasteiger partial charge in [-0.1, -0.05) is 32.0 Å². The number of nitrogens with zero attached hydrogens (tertiary/aromatic N) is 4. The third kappa shape index (κ3) is 2.98. The minimum Gasteiger partial charge on any atom is -0.361 e. The van der Waals surface area contributed by atoms with Gasteiger partial charge in [-0.25, -0.2) is 0 Å². The van der Waals surface area contributed by atoms with Gasteiger partial charge in [0.2, 0.25) is 0 Å². The number of hydrogen-bond donors (Lipinski definition) is 1. The largest absolute Gasteiger partial charge is 0.361 e. The second-order valence-corrected chi connectivity index (χ2v) is 8.57. The van der Waals surface area contributed by atoms with Crippen molar-refractivity contribution in [3.8, 4) is 0 Å². The van der Waals surface area contributed by atoms with Gasteiger partial charge in [0.05, 0.1) is 0 Å². The SMILES string of the molecule is CC(C)c1nnc2n1CCC2CCN1CCC(c2c[nH]c3ccccc23)C1. The fourth-order valence-corrected chi connectivity index (χ4v) is 5.03. The Morgan fingerprint density at radius 3 is 2.93 bits per heavy atom. The van der Waals surface area contributed by atoms with Gasteiger partial charge in [-0.2, -0.15) is 0 Å². The van der Waals surface area contributed by atoms with Crippen LogP contribution >= 0.6 is 0 Å². The summed E-state index contributed by atoms with van der Waals surface area (Å²) in [5.74, 6) is 4.08. The Bertz CT molecular complexity index is 937. The highest BCUT2D eigenvalue weighted by atomic mass is 15.3. The molecule has 3 aromatic rings. The van der Waals surface area contributed by atoms with Crippen LogP contribution in [0.2, 0.25) is 0 Å². The van der Waals surface area contributed by atoms with E-state index < -0.39 is 0 Å². The highest BCUT2D eigenvalue weighted by Gasteiger charge is 2.30. The maximum absolute atomic E-state index is 4.52. The molecule has 5 rings (SSSR count). The lowest BCUT2D eigenvalue weighted by Crippen LogP contribution is -2.23. The molecule has 1 N–H and O–H groups in total. The quantitative estimate of drug-likeness (QED) is 0.737. The van der Waals surface area contributed by atoms with Crippen molar-refractivity contribution in [2.75, 3.05) is 19.6 Å². The Hall–Kier alpha value is -2.14. The zero-order chi connectivity index (χ0) is 18.4. The van der Waals surface area contributed by atoms with Crippen LogP contribution in [0.25, 0.3) is 10.9 Å². The van der Waals surface area contributed by atoms with Crippen molar-refractivity contribution < 1.29 is 0 Å². The highest BCUT2D eigenvalue weighted by molar-refractivity contribution is 5.83. The van der Waals surface area contributed by atoms with Crippen LogP contribution in [0, 0.1) is 0 Å². The number of hydrogen-bond acceptors (Lipinski definition) is 3. The molecule has 2 aromatic heterocycles.